The van der Waals surface area contributed by atoms with E-state index in [9.17, 15) is 4.79 Å². The summed E-state index contributed by atoms with van der Waals surface area (Å²) in [7, 11) is 0. The molecule has 1 N–H and O–H groups in total. The van der Waals surface area contributed by atoms with Crippen LogP contribution in [0, 0.1) is 0 Å². The zero-order chi connectivity index (χ0) is 17.1. The Morgan fingerprint density at radius 1 is 1.16 bits per heavy atom. The Bertz CT molecular complexity index is 912. The highest BCUT2D eigenvalue weighted by Crippen LogP contribution is 2.32. The smallest absolute Gasteiger partial charge is 0.234 e. The van der Waals surface area contributed by atoms with Crippen LogP contribution in [0.2, 0.25) is 0 Å². The fraction of sp³-hybridized carbons (Fsp3) is 0.235. The molecule has 0 atom stereocenters. The number of benzene rings is 1. The van der Waals surface area contributed by atoms with Gasteiger partial charge in [0, 0.05) is 24.4 Å². The number of carbonyl (C=O) groups excluding carboxylic acids is 1. The Morgan fingerprint density at radius 2 is 2.04 bits per heavy atom. The summed E-state index contributed by atoms with van der Waals surface area (Å²) in [6.07, 6.45) is 2.72. The summed E-state index contributed by atoms with van der Waals surface area (Å²) in [5.41, 5.74) is 1.44. The summed E-state index contributed by atoms with van der Waals surface area (Å²) < 4.78 is 13.1. The summed E-state index contributed by atoms with van der Waals surface area (Å²) in [5.74, 6) is 1.49. The van der Waals surface area contributed by atoms with Gasteiger partial charge in [-0.25, -0.2) is 0 Å². The average molecular weight is 356 g/mol. The van der Waals surface area contributed by atoms with Crippen molar-refractivity contribution >= 4 is 29.0 Å². The van der Waals surface area contributed by atoms with E-state index in [2.05, 4.69) is 15.5 Å². The van der Waals surface area contributed by atoms with Gasteiger partial charge in [0.25, 0.3) is 0 Å². The summed E-state index contributed by atoms with van der Waals surface area (Å²) in [6, 6.07) is 11.1. The largest absolute Gasteiger partial charge is 0.490 e. The third-order valence-electron chi connectivity index (χ3n) is 3.65. The summed E-state index contributed by atoms with van der Waals surface area (Å²) >= 11 is 1.34. The molecule has 3 aromatic rings. The highest BCUT2D eigenvalue weighted by Gasteiger charge is 2.13. The molecule has 0 saturated heterocycles. The second kappa shape index (κ2) is 7.02. The number of anilines is 1. The molecule has 8 heteroatoms. The van der Waals surface area contributed by atoms with Crippen LogP contribution in [0.4, 0.5) is 5.69 Å². The molecule has 0 radical (unpaired) electrons. The molecular weight excluding hydrogens is 340 g/mol. The number of rotatable bonds is 4. The number of fused-ring (bicyclic) bond motifs is 2. The number of pyridine rings is 1. The van der Waals surface area contributed by atoms with E-state index < -0.39 is 0 Å². The number of hydrogen-bond donors (Lipinski definition) is 1. The van der Waals surface area contributed by atoms with Crippen molar-refractivity contribution in [2.75, 3.05) is 24.3 Å². The van der Waals surface area contributed by atoms with Gasteiger partial charge < -0.3 is 14.8 Å². The zero-order valence-electron chi connectivity index (χ0n) is 13.3. The van der Waals surface area contributed by atoms with Gasteiger partial charge in [0.05, 0.1) is 19.0 Å². The third-order valence-corrected chi connectivity index (χ3v) is 4.59. The van der Waals surface area contributed by atoms with Crippen molar-refractivity contribution in [2.24, 2.45) is 0 Å². The van der Waals surface area contributed by atoms with E-state index in [4.69, 9.17) is 9.47 Å². The zero-order valence-corrected chi connectivity index (χ0v) is 14.2. The lowest BCUT2D eigenvalue weighted by Crippen LogP contribution is -2.14. The summed E-state index contributed by atoms with van der Waals surface area (Å²) in [5, 5.41) is 11.7. The van der Waals surface area contributed by atoms with Crippen molar-refractivity contribution in [2.45, 2.75) is 11.6 Å². The molecule has 0 aliphatic carbocycles. The van der Waals surface area contributed by atoms with Crippen LogP contribution in [0.5, 0.6) is 11.5 Å². The van der Waals surface area contributed by atoms with Gasteiger partial charge in [-0.1, -0.05) is 17.8 Å². The number of hydrogen-bond acceptors (Lipinski definition) is 6. The number of carbonyl (C=O) groups is 1. The molecule has 25 heavy (non-hydrogen) atoms. The second-order valence-corrected chi connectivity index (χ2v) is 6.40. The van der Waals surface area contributed by atoms with Crippen molar-refractivity contribution in [1.82, 2.24) is 14.6 Å². The van der Waals surface area contributed by atoms with E-state index in [-0.39, 0.29) is 11.7 Å². The Morgan fingerprint density at radius 3 is 2.96 bits per heavy atom. The Kier molecular flexibility index (Phi) is 4.43. The molecular formula is C17H16N4O3S. The Balaban J connectivity index is 1.40. The minimum atomic E-state index is -0.118. The van der Waals surface area contributed by atoms with Gasteiger partial charge in [0.1, 0.15) is 0 Å². The maximum Gasteiger partial charge on any atom is 0.234 e. The first-order chi connectivity index (χ1) is 12.3. The molecule has 128 valence electrons. The van der Waals surface area contributed by atoms with Crippen LogP contribution in [0.25, 0.3) is 5.65 Å². The number of amides is 1. The highest BCUT2D eigenvalue weighted by atomic mass is 32.2. The number of thioether (sulfide) groups is 1. The monoisotopic (exact) mass is 356 g/mol. The SMILES string of the molecule is O=C(CSc1nnc2ccccn12)Nc1ccc2c(c1)OCCCO2. The first kappa shape index (κ1) is 15.8. The molecule has 0 unspecified atom stereocenters. The van der Waals surface area contributed by atoms with E-state index in [0.717, 1.165) is 12.1 Å². The van der Waals surface area contributed by atoms with Crippen LogP contribution in [0.1, 0.15) is 6.42 Å². The molecule has 7 nitrogen and oxygen atoms in total. The molecule has 0 saturated carbocycles. The average Bonchev–Trinajstić information content (AvgIpc) is 2.89. The number of aromatic nitrogens is 3. The number of ether oxygens (including phenoxy) is 2. The molecule has 0 fully saturated rings. The lowest BCUT2D eigenvalue weighted by molar-refractivity contribution is -0.113. The van der Waals surface area contributed by atoms with Gasteiger partial charge in [-0.3, -0.25) is 9.20 Å². The molecule has 1 aromatic carbocycles. The van der Waals surface area contributed by atoms with Crippen molar-refractivity contribution in [3.63, 3.8) is 0 Å². The predicted molar refractivity (Wildman–Crippen MR) is 94.4 cm³/mol. The van der Waals surface area contributed by atoms with Gasteiger partial charge >= 0.3 is 0 Å². The van der Waals surface area contributed by atoms with E-state index in [0.29, 0.717) is 35.6 Å². The van der Waals surface area contributed by atoms with Crippen molar-refractivity contribution < 1.29 is 14.3 Å². The summed E-state index contributed by atoms with van der Waals surface area (Å²) in [4.78, 5) is 12.2. The third kappa shape index (κ3) is 3.53. The lowest BCUT2D eigenvalue weighted by atomic mass is 10.2. The molecule has 0 bridgehead atoms. The summed E-state index contributed by atoms with van der Waals surface area (Å²) in [6.45, 7) is 1.25. The van der Waals surface area contributed by atoms with Gasteiger partial charge in [0.15, 0.2) is 22.3 Å². The van der Waals surface area contributed by atoms with Crippen LogP contribution in [0.15, 0.2) is 47.8 Å². The van der Waals surface area contributed by atoms with Crippen LogP contribution in [-0.2, 0) is 4.79 Å². The van der Waals surface area contributed by atoms with E-state index in [1.54, 1.807) is 6.07 Å². The molecule has 2 aromatic heterocycles. The Labute approximate surface area is 148 Å². The van der Waals surface area contributed by atoms with Gasteiger partial charge in [-0.15, -0.1) is 10.2 Å². The topological polar surface area (TPSA) is 77.8 Å². The predicted octanol–water partition coefficient (Wildman–Crippen LogP) is 2.62. The number of nitrogens with one attached hydrogen (secondary N) is 1. The lowest BCUT2D eigenvalue weighted by Gasteiger charge is -2.10. The van der Waals surface area contributed by atoms with Gasteiger partial charge in [0.2, 0.25) is 5.91 Å². The highest BCUT2D eigenvalue weighted by molar-refractivity contribution is 7.99. The molecule has 0 spiro atoms. The van der Waals surface area contributed by atoms with E-state index in [1.165, 1.54) is 11.8 Å². The van der Waals surface area contributed by atoms with Crippen molar-refractivity contribution in [3.8, 4) is 11.5 Å². The first-order valence-corrected chi connectivity index (χ1v) is 8.90. The molecule has 1 aliphatic rings. The van der Waals surface area contributed by atoms with Crippen molar-refractivity contribution in [1.29, 1.82) is 0 Å². The minimum absolute atomic E-state index is 0.118. The quantitative estimate of drug-likeness (QED) is 0.724. The molecule has 1 amide bonds. The van der Waals surface area contributed by atoms with Crippen LogP contribution in [0.3, 0.4) is 0 Å². The maximum absolute atomic E-state index is 12.2. The van der Waals surface area contributed by atoms with Crippen LogP contribution >= 0.6 is 11.8 Å². The van der Waals surface area contributed by atoms with Crippen LogP contribution < -0.4 is 14.8 Å². The minimum Gasteiger partial charge on any atom is -0.490 e. The van der Waals surface area contributed by atoms with Crippen molar-refractivity contribution in [3.05, 3.63) is 42.6 Å². The fourth-order valence-corrected chi connectivity index (χ4v) is 3.21. The second-order valence-electron chi connectivity index (χ2n) is 5.46. The maximum atomic E-state index is 12.2. The van der Waals surface area contributed by atoms with E-state index in [1.807, 2.05) is 40.9 Å². The molecule has 3 heterocycles. The Hall–Kier alpha value is -2.74. The standard InChI is InChI=1S/C17H16N4O3S/c22-16(11-25-17-20-19-15-4-1-2-7-21(15)17)18-12-5-6-13-14(10-12)24-9-3-8-23-13/h1-2,4-7,10H,3,8-9,11H2,(H,18,22). The van der Waals surface area contributed by atoms with Crippen LogP contribution in [-0.4, -0.2) is 39.5 Å². The first-order valence-electron chi connectivity index (χ1n) is 7.92. The van der Waals surface area contributed by atoms with E-state index >= 15 is 0 Å². The fourth-order valence-electron chi connectivity index (χ4n) is 2.49. The molecule has 1 aliphatic heterocycles. The normalized spacial score (nSPS) is 13.4. The van der Waals surface area contributed by atoms with Gasteiger partial charge in [-0.2, -0.15) is 0 Å². The number of nitrogens with zero attached hydrogens (tertiary/aromatic N) is 3. The van der Waals surface area contributed by atoms with Gasteiger partial charge in [-0.05, 0) is 24.3 Å². The molecule has 4 rings (SSSR count).